The first kappa shape index (κ1) is 17.4. The monoisotopic (exact) mass is 379 g/mol. The number of halogens is 3. The van der Waals surface area contributed by atoms with Crippen molar-refractivity contribution in [3.05, 3.63) is 81.0 Å². The van der Waals surface area contributed by atoms with E-state index >= 15 is 0 Å². The maximum Gasteiger partial charge on any atom is 0.265 e. The van der Waals surface area contributed by atoms with Crippen LogP contribution in [0.3, 0.4) is 0 Å². The molecule has 1 amide bonds. The van der Waals surface area contributed by atoms with Crippen LogP contribution in [-0.2, 0) is 6.61 Å². The lowest BCUT2D eigenvalue weighted by atomic mass is 10.3. The highest BCUT2D eigenvalue weighted by atomic mass is 35.5. The molecule has 3 rings (SSSR count). The molecule has 0 aliphatic heterocycles. The van der Waals surface area contributed by atoms with Gasteiger partial charge >= 0.3 is 0 Å². The van der Waals surface area contributed by atoms with Crippen molar-refractivity contribution in [1.82, 2.24) is 0 Å². The Hall–Kier alpha value is -2.44. The van der Waals surface area contributed by atoms with Crippen molar-refractivity contribution < 1.29 is 18.3 Å². The van der Waals surface area contributed by atoms with Gasteiger partial charge in [0.2, 0.25) is 0 Å². The van der Waals surface area contributed by atoms with Crippen LogP contribution in [0.15, 0.2) is 53.9 Å². The minimum atomic E-state index is -0.545. The highest BCUT2D eigenvalue weighted by Gasteiger charge is 2.11. The van der Waals surface area contributed by atoms with Crippen LogP contribution in [0.1, 0.15) is 15.2 Å². The van der Waals surface area contributed by atoms with E-state index in [2.05, 4.69) is 5.32 Å². The molecule has 0 aliphatic rings. The summed E-state index contributed by atoms with van der Waals surface area (Å²) >= 11 is 6.96. The number of ether oxygens (including phenoxy) is 1. The van der Waals surface area contributed by atoms with Crippen molar-refractivity contribution >= 4 is 34.5 Å². The third-order valence-electron chi connectivity index (χ3n) is 3.27. The predicted molar refractivity (Wildman–Crippen MR) is 94.4 cm³/mol. The molecule has 0 fully saturated rings. The third-order valence-corrected chi connectivity index (χ3v) is 4.54. The van der Waals surface area contributed by atoms with Gasteiger partial charge < -0.3 is 10.1 Å². The second kappa shape index (κ2) is 7.63. The molecule has 0 saturated carbocycles. The van der Waals surface area contributed by atoms with Gasteiger partial charge in [-0.05, 0) is 53.9 Å². The molecule has 0 radical (unpaired) electrons. The highest BCUT2D eigenvalue weighted by Crippen LogP contribution is 2.22. The number of carbonyl (C=O) groups is 1. The van der Waals surface area contributed by atoms with Gasteiger partial charge in [0.1, 0.15) is 24.0 Å². The third kappa shape index (κ3) is 4.55. The van der Waals surface area contributed by atoms with E-state index in [1.807, 2.05) is 0 Å². The zero-order chi connectivity index (χ0) is 17.8. The van der Waals surface area contributed by atoms with E-state index in [1.54, 1.807) is 11.4 Å². The average Bonchev–Trinajstić information content (AvgIpc) is 3.07. The van der Waals surface area contributed by atoms with E-state index in [4.69, 9.17) is 16.3 Å². The molecule has 0 unspecified atom stereocenters. The molecule has 0 atom stereocenters. The van der Waals surface area contributed by atoms with Crippen LogP contribution >= 0.6 is 22.9 Å². The number of amides is 1. The van der Waals surface area contributed by atoms with Crippen molar-refractivity contribution in [2.45, 2.75) is 6.61 Å². The minimum absolute atomic E-state index is 0.0580. The maximum atomic E-state index is 13.1. The van der Waals surface area contributed by atoms with Gasteiger partial charge in [0.25, 0.3) is 5.91 Å². The smallest absolute Gasteiger partial charge is 0.265 e. The van der Waals surface area contributed by atoms with Gasteiger partial charge in [-0.3, -0.25) is 4.79 Å². The fourth-order valence-corrected chi connectivity index (χ4v) is 3.01. The molecule has 0 spiro atoms. The molecule has 1 heterocycles. The molecule has 2 aromatic carbocycles. The molecule has 0 saturated heterocycles. The second-order valence-corrected chi connectivity index (χ2v) is 6.46. The molecule has 7 heteroatoms. The Balaban J connectivity index is 1.61. The first-order valence-corrected chi connectivity index (χ1v) is 8.49. The van der Waals surface area contributed by atoms with Gasteiger partial charge in [0, 0.05) is 11.3 Å². The van der Waals surface area contributed by atoms with E-state index < -0.39 is 5.82 Å². The van der Waals surface area contributed by atoms with Crippen LogP contribution in [0, 0.1) is 11.6 Å². The van der Waals surface area contributed by atoms with E-state index in [1.165, 1.54) is 53.8 Å². The van der Waals surface area contributed by atoms with E-state index in [0.29, 0.717) is 16.3 Å². The van der Waals surface area contributed by atoms with Gasteiger partial charge in [-0.15, -0.1) is 11.3 Å². The van der Waals surface area contributed by atoms with Crippen molar-refractivity contribution in [2.75, 3.05) is 5.32 Å². The van der Waals surface area contributed by atoms with Gasteiger partial charge in [0.15, 0.2) is 0 Å². The molecule has 128 valence electrons. The fourth-order valence-electron chi connectivity index (χ4n) is 2.03. The Bertz CT molecular complexity index is 896. The maximum absolute atomic E-state index is 13.1. The second-order valence-electron chi connectivity index (χ2n) is 5.14. The van der Waals surface area contributed by atoms with Crippen molar-refractivity contribution in [3.63, 3.8) is 0 Å². The first-order chi connectivity index (χ1) is 12.0. The number of carbonyl (C=O) groups excluding carboxylic acids is 1. The molecule has 1 N–H and O–H groups in total. The topological polar surface area (TPSA) is 38.3 Å². The number of nitrogens with one attached hydrogen (secondary N) is 1. The van der Waals surface area contributed by atoms with Crippen LogP contribution in [0.2, 0.25) is 5.02 Å². The summed E-state index contributed by atoms with van der Waals surface area (Å²) < 4.78 is 31.5. The fraction of sp³-hybridized carbons (Fsp3) is 0.0556. The number of rotatable bonds is 5. The molecule has 0 aliphatic carbocycles. The lowest BCUT2D eigenvalue weighted by Gasteiger charge is -2.05. The number of hydrogen-bond acceptors (Lipinski definition) is 3. The van der Waals surface area contributed by atoms with Gasteiger partial charge in [-0.2, -0.15) is 0 Å². The Morgan fingerprint density at radius 2 is 1.88 bits per heavy atom. The summed E-state index contributed by atoms with van der Waals surface area (Å²) in [5.41, 5.74) is 1.23. The summed E-state index contributed by atoms with van der Waals surface area (Å²) in [6.07, 6.45) is 0. The Kier molecular flexibility index (Phi) is 5.31. The normalized spacial score (nSPS) is 10.5. The van der Waals surface area contributed by atoms with Crippen LogP contribution in [-0.4, -0.2) is 5.91 Å². The lowest BCUT2D eigenvalue weighted by molar-refractivity contribution is 0.103. The largest absolute Gasteiger partial charge is 0.489 e. The van der Waals surface area contributed by atoms with Crippen molar-refractivity contribution in [2.24, 2.45) is 0 Å². The van der Waals surface area contributed by atoms with Crippen LogP contribution in [0.25, 0.3) is 0 Å². The number of benzene rings is 2. The van der Waals surface area contributed by atoms with E-state index in [9.17, 15) is 13.6 Å². The Morgan fingerprint density at radius 1 is 1.12 bits per heavy atom. The Labute approximate surface area is 151 Å². The molecular weight excluding hydrogens is 368 g/mol. The molecule has 25 heavy (non-hydrogen) atoms. The van der Waals surface area contributed by atoms with Gasteiger partial charge in [0.05, 0.1) is 9.90 Å². The first-order valence-electron chi connectivity index (χ1n) is 7.23. The van der Waals surface area contributed by atoms with E-state index in [-0.39, 0.29) is 23.4 Å². The summed E-state index contributed by atoms with van der Waals surface area (Å²) in [6, 6.07) is 11.4. The summed E-state index contributed by atoms with van der Waals surface area (Å²) in [5.74, 6) is -0.654. The molecule has 0 bridgehead atoms. The minimum Gasteiger partial charge on any atom is -0.489 e. The summed E-state index contributed by atoms with van der Waals surface area (Å²) in [7, 11) is 0. The summed E-state index contributed by atoms with van der Waals surface area (Å²) in [5, 5.41) is 4.40. The summed E-state index contributed by atoms with van der Waals surface area (Å²) in [4.78, 5) is 12.7. The van der Waals surface area contributed by atoms with Crippen molar-refractivity contribution in [3.8, 4) is 5.75 Å². The quantitative estimate of drug-likeness (QED) is 0.634. The van der Waals surface area contributed by atoms with Gasteiger partial charge in [-0.25, -0.2) is 8.78 Å². The Morgan fingerprint density at radius 3 is 2.60 bits per heavy atom. The number of anilines is 1. The van der Waals surface area contributed by atoms with Crippen LogP contribution in [0.4, 0.5) is 14.5 Å². The standard InChI is InChI=1S/C18H12ClF2NO2S/c19-15-8-13(3-6-16(15)21)22-18(23)17-7-11(10-25-17)9-24-14-4-1-12(20)2-5-14/h1-8,10H,9H2,(H,22,23). The van der Waals surface area contributed by atoms with Crippen LogP contribution < -0.4 is 10.1 Å². The van der Waals surface area contributed by atoms with Crippen molar-refractivity contribution in [1.29, 1.82) is 0 Å². The lowest BCUT2D eigenvalue weighted by Crippen LogP contribution is -2.10. The summed E-state index contributed by atoms with van der Waals surface area (Å²) in [6.45, 7) is 0.262. The molecule has 1 aromatic heterocycles. The van der Waals surface area contributed by atoms with Crippen LogP contribution in [0.5, 0.6) is 5.75 Å². The molecule has 3 aromatic rings. The number of hydrogen-bond donors (Lipinski definition) is 1. The van der Waals surface area contributed by atoms with Gasteiger partial charge in [-0.1, -0.05) is 11.6 Å². The highest BCUT2D eigenvalue weighted by molar-refractivity contribution is 7.12. The zero-order valence-corrected chi connectivity index (χ0v) is 14.3. The van der Waals surface area contributed by atoms with E-state index in [0.717, 1.165) is 5.56 Å². The molecular formula is C18H12ClF2NO2S. The number of thiophene rings is 1. The molecule has 3 nitrogen and oxygen atoms in total. The predicted octanol–water partition coefficient (Wildman–Crippen LogP) is 5.51. The SMILES string of the molecule is O=C(Nc1ccc(F)c(Cl)c1)c1cc(COc2ccc(F)cc2)cs1. The average molecular weight is 380 g/mol. The zero-order valence-electron chi connectivity index (χ0n) is 12.8.